The summed E-state index contributed by atoms with van der Waals surface area (Å²) in [5.74, 6) is -0.504. The number of amides is 1. The van der Waals surface area contributed by atoms with Crippen molar-refractivity contribution in [2.75, 3.05) is 80.8 Å². The molecule has 18 heteroatoms. The Morgan fingerprint density at radius 2 is 1.73 bits per heavy atom. The van der Waals surface area contributed by atoms with Crippen LogP contribution in [-0.2, 0) is 14.8 Å². The minimum Gasteiger partial charge on any atom is -0.476 e. The summed E-state index contributed by atoms with van der Waals surface area (Å²) in [6.07, 6.45) is 6.72. The number of nitrogens with two attached hydrogens (primary N) is 1. The van der Waals surface area contributed by atoms with E-state index in [-0.39, 0.29) is 23.2 Å². The molecule has 16 nitrogen and oxygen atoms in total. The molecule has 9 rings (SSSR count). The van der Waals surface area contributed by atoms with Crippen LogP contribution in [0.5, 0.6) is 5.88 Å². The van der Waals surface area contributed by atoms with E-state index >= 15 is 0 Å². The number of hydrogen-bond donors (Lipinski definition) is 4. The standard InChI is InChI=1S/C48H56ClN9O7S/c1-47(2)14-12-34(39(29-47)32-4-6-35(49)7-5-32)30-55-19-21-56(22-20-55)36-8-10-38(41(27-36)57-18-3-23-65-46-43(57)26-33-13-17-51-44(33)53-46)45(59)54-66(62,63)37-9-11-40(42(28-37)58(60)61)52-31-48(50)15-24-64-25-16-48/h4-11,13,17,26-28,52H,3,12,14-16,18-25,29-31,50H2,1-2H3,(H,51,53)(H,54,59). The second-order valence-corrected chi connectivity index (χ2v) is 20.8. The van der Waals surface area contributed by atoms with Gasteiger partial charge in [0.25, 0.3) is 21.6 Å². The van der Waals surface area contributed by atoms with E-state index in [2.05, 4.69) is 50.8 Å². The molecule has 1 amide bonds. The molecule has 66 heavy (non-hydrogen) atoms. The van der Waals surface area contributed by atoms with Gasteiger partial charge >= 0.3 is 0 Å². The molecular formula is C48H56ClN9O7S. The third-order valence-electron chi connectivity index (χ3n) is 13.4. The zero-order valence-electron chi connectivity index (χ0n) is 37.3. The molecule has 1 aliphatic carbocycles. The van der Waals surface area contributed by atoms with Crippen LogP contribution in [0, 0.1) is 15.5 Å². The van der Waals surface area contributed by atoms with Crippen LogP contribution in [0.1, 0.15) is 68.3 Å². The van der Waals surface area contributed by atoms with E-state index < -0.39 is 37.0 Å². The van der Waals surface area contributed by atoms with Gasteiger partial charge in [-0.2, -0.15) is 4.98 Å². The first-order valence-electron chi connectivity index (χ1n) is 22.6. The van der Waals surface area contributed by atoms with Gasteiger partial charge in [0.2, 0.25) is 5.88 Å². The number of hydrogen-bond acceptors (Lipinski definition) is 13. The van der Waals surface area contributed by atoms with Crippen LogP contribution in [0.2, 0.25) is 5.02 Å². The minimum absolute atomic E-state index is 0.0994. The molecule has 4 aliphatic rings. The Morgan fingerprint density at radius 3 is 2.48 bits per heavy atom. The monoisotopic (exact) mass is 937 g/mol. The van der Waals surface area contributed by atoms with E-state index in [0.717, 1.165) is 74.1 Å². The summed E-state index contributed by atoms with van der Waals surface area (Å²) in [5, 5.41) is 16.9. The quantitative estimate of drug-likeness (QED) is 0.0696. The molecule has 0 bridgehead atoms. The van der Waals surface area contributed by atoms with E-state index in [1.165, 1.54) is 28.8 Å². The van der Waals surface area contributed by atoms with E-state index in [9.17, 15) is 23.3 Å². The molecule has 0 spiro atoms. The van der Waals surface area contributed by atoms with Gasteiger partial charge in [-0.25, -0.2) is 13.1 Å². The highest BCUT2D eigenvalue weighted by Crippen LogP contribution is 2.44. The Labute approximate surface area is 389 Å². The molecule has 0 unspecified atom stereocenters. The van der Waals surface area contributed by atoms with Crippen LogP contribution < -0.4 is 30.3 Å². The van der Waals surface area contributed by atoms with Crippen molar-refractivity contribution in [1.29, 1.82) is 0 Å². The molecule has 2 aromatic heterocycles. The summed E-state index contributed by atoms with van der Waals surface area (Å²) in [4.78, 5) is 40.2. The number of anilines is 4. The lowest BCUT2D eigenvalue weighted by atomic mass is 9.72. The van der Waals surface area contributed by atoms with Crippen molar-refractivity contribution in [3.05, 3.63) is 111 Å². The molecule has 2 saturated heterocycles. The Hall–Kier alpha value is -5.72. The molecule has 0 radical (unpaired) electrons. The Bertz CT molecular complexity index is 2780. The lowest BCUT2D eigenvalue weighted by Gasteiger charge is -2.39. The number of nitrogens with one attached hydrogen (secondary N) is 3. The van der Waals surface area contributed by atoms with Crippen molar-refractivity contribution >= 4 is 72.6 Å². The van der Waals surface area contributed by atoms with Crippen molar-refractivity contribution in [3.63, 3.8) is 0 Å². The van der Waals surface area contributed by atoms with Crippen molar-refractivity contribution in [1.82, 2.24) is 19.6 Å². The number of benzene rings is 3. The molecule has 2 fully saturated rings. The van der Waals surface area contributed by atoms with Crippen LogP contribution in [-0.4, -0.2) is 105 Å². The largest absolute Gasteiger partial charge is 0.476 e. The summed E-state index contributed by atoms with van der Waals surface area (Å²) < 4.78 is 41.7. The molecule has 3 aliphatic heterocycles. The van der Waals surface area contributed by atoms with Crippen molar-refractivity contribution in [2.45, 2.75) is 62.8 Å². The zero-order valence-corrected chi connectivity index (χ0v) is 38.8. The summed E-state index contributed by atoms with van der Waals surface area (Å²) >= 11 is 6.27. The topological polar surface area (TPSA) is 201 Å². The highest BCUT2D eigenvalue weighted by molar-refractivity contribution is 7.90. The number of piperazine rings is 1. The second kappa shape index (κ2) is 18.5. The number of halogens is 1. The van der Waals surface area contributed by atoms with Gasteiger partial charge in [-0.15, -0.1) is 0 Å². The molecule has 5 N–H and O–H groups in total. The van der Waals surface area contributed by atoms with Crippen LogP contribution in [0.15, 0.2) is 89.5 Å². The van der Waals surface area contributed by atoms with Crippen molar-refractivity contribution < 1.29 is 27.6 Å². The van der Waals surface area contributed by atoms with Crippen LogP contribution >= 0.6 is 11.6 Å². The number of nitro groups is 1. The summed E-state index contributed by atoms with van der Waals surface area (Å²) in [6, 6.07) is 21.0. The number of nitro benzene ring substituents is 1. The van der Waals surface area contributed by atoms with Crippen molar-refractivity contribution in [3.8, 4) is 5.88 Å². The fourth-order valence-corrected chi connectivity index (χ4v) is 10.6. The Kier molecular flexibility index (Phi) is 12.7. The fraction of sp³-hybridized carbons (Fsp3) is 0.417. The number of fused-ring (bicyclic) bond motifs is 2. The molecule has 5 aromatic rings. The van der Waals surface area contributed by atoms with E-state index in [1.807, 2.05) is 41.3 Å². The minimum atomic E-state index is -4.60. The third kappa shape index (κ3) is 9.86. The van der Waals surface area contributed by atoms with Gasteiger partial charge in [0.05, 0.1) is 27.7 Å². The van der Waals surface area contributed by atoms with Gasteiger partial charge in [-0.1, -0.05) is 43.2 Å². The molecular weight excluding hydrogens is 882 g/mol. The lowest BCUT2D eigenvalue weighted by molar-refractivity contribution is -0.384. The maximum Gasteiger partial charge on any atom is 0.293 e. The lowest BCUT2D eigenvalue weighted by Crippen LogP contribution is -2.50. The first kappa shape index (κ1) is 45.4. The number of sulfonamides is 1. The number of pyridine rings is 1. The summed E-state index contributed by atoms with van der Waals surface area (Å²) in [5.41, 5.74) is 12.6. The Morgan fingerprint density at radius 1 is 0.955 bits per heavy atom. The van der Waals surface area contributed by atoms with E-state index in [1.54, 1.807) is 12.3 Å². The van der Waals surface area contributed by atoms with Gasteiger partial charge in [-0.3, -0.25) is 19.8 Å². The zero-order chi connectivity index (χ0) is 46.2. The molecule has 0 atom stereocenters. The van der Waals surface area contributed by atoms with Gasteiger partial charge in [0.15, 0.2) is 0 Å². The smallest absolute Gasteiger partial charge is 0.293 e. The summed E-state index contributed by atoms with van der Waals surface area (Å²) in [7, 11) is -4.60. The van der Waals surface area contributed by atoms with Gasteiger partial charge in [-0.05, 0) is 110 Å². The number of aromatic nitrogens is 2. The van der Waals surface area contributed by atoms with Gasteiger partial charge in [0, 0.05) is 92.9 Å². The molecule has 3 aromatic carbocycles. The predicted molar refractivity (Wildman–Crippen MR) is 258 cm³/mol. The first-order valence-corrected chi connectivity index (χ1v) is 24.4. The van der Waals surface area contributed by atoms with Crippen LogP contribution in [0.25, 0.3) is 16.6 Å². The van der Waals surface area contributed by atoms with Gasteiger partial charge < -0.3 is 35.3 Å². The third-order valence-corrected chi connectivity index (χ3v) is 15.0. The Balaban J connectivity index is 0.987. The second-order valence-electron chi connectivity index (χ2n) is 18.7. The van der Waals surface area contributed by atoms with Crippen LogP contribution in [0.4, 0.5) is 28.4 Å². The number of aromatic amines is 1. The number of rotatable bonds is 12. The SMILES string of the molecule is CC1(C)CCC(CN2CCN(c3ccc(C(=O)NS(=O)(=O)c4ccc(NCC5(N)CCOCC5)c([N+](=O)[O-])c4)c(N4CCCOc5nc6[nH]ccc6cc54)c3)CC2)=C(c2ccc(Cl)cc2)C1. The van der Waals surface area contributed by atoms with Gasteiger partial charge in [0.1, 0.15) is 17.0 Å². The number of nitrogens with zero attached hydrogens (tertiary/aromatic N) is 5. The number of carbonyl (C=O) groups excluding carboxylic acids is 1. The normalized spacial score (nSPS) is 18.9. The number of ether oxygens (including phenoxy) is 2. The van der Waals surface area contributed by atoms with Crippen LogP contribution in [0.3, 0.4) is 0 Å². The maximum atomic E-state index is 14.4. The highest BCUT2D eigenvalue weighted by atomic mass is 35.5. The molecule has 348 valence electrons. The van der Waals surface area contributed by atoms with E-state index in [0.29, 0.717) is 68.5 Å². The fourth-order valence-electron chi connectivity index (χ4n) is 9.49. The van der Waals surface area contributed by atoms with E-state index in [4.69, 9.17) is 31.8 Å². The summed E-state index contributed by atoms with van der Waals surface area (Å²) in [6.45, 7) is 10.7. The average molecular weight is 939 g/mol. The first-order chi connectivity index (χ1) is 31.6. The highest BCUT2D eigenvalue weighted by Gasteiger charge is 2.33. The van der Waals surface area contributed by atoms with Crippen molar-refractivity contribution in [2.24, 2.45) is 11.1 Å². The molecule has 5 heterocycles. The average Bonchev–Trinajstić information content (AvgIpc) is 3.66. The number of allylic oxidation sites excluding steroid dienone is 1. The number of H-pyrrole nitrogens is 1. The number of carbonyl (C=O) groups is 1. The maximum absolute atomic E-state index is 14.4. The predicted octanol–water partition coefficient (Wildman–Crippen LogP) is 7.87. The molecule has 0 saturated carbocycles.